The molecule has 2 nitrogen and oxygen atoms in total. The van der Waals surface area contributed by atoms with Crippen LogP contribution in [0.5, 0.6) is 0 Å². The van der Waals surface area contributed by atoms with Crippen LogP contribution >= 0.6 is 15.9 Å². The fraction of sp³-hybridized carbons (Fsp3) is 0.917. The van der Waals surface area contributed by atoms with Crippen molar-refractivity contribution in [2.75, 3.05) is 11.9 Å². The van der Waals surface area contributed by atoms with Gasteiger partial charge < -0.3 is 4.74 Å². The van der Waals surface area contributed by atoms with Crippen molar-refractivity contribution in [3.05, 3.63) is 0 Å². The Kier molecular flexibility index (Phi) is 4.21. The Labute approximate surface area is 101 Å². The van der Waals surface area contributed by atoms with Gasteiger partial charge in [0.25, 0.3) is 0 Å². The van der Waals surface area contributed by atoms with E-state index in [2.05, 4.69) is 29.8 Å². The van der Waals surface area contributed by atoms with Crippen LogP contribution in [0.3, 0.4) is 0 Å². The van der Waals surface area contributed by atoms with Crippen molar-refractivity contribution in [1.29, 1.82) is 0 Å². The minimum absolute atomic E-state index is 0.0210. The molecule has 0 amide bonds. The minimum Gasteiger partial charge on any atom is -0.466 e. The highest BCUT2D eigenvalue weighted by Gasteiger charge is 2.53. The quantitative estimate of drug-likeness (QED) is 0.548. The lowest BCUT2D eigenvalue weighted by molar-refractivity contribution is -0.151. The third kappa shape index (κ3) is 3.47. The van der Waals surface area contributed by atoms with E-state index in [0.29, 0.717) is 6.61 Å². The summed E-state index contributed by atoms with van der Waals surface area (Å²) >= 11 is 3.46. The maximum absolute atomic E-state index is 11.8. The predicted octanol–water partition coefficient (Wildman–Crippen LogP) is 3.53. The Bertz CT molecular complexity index is 232. The largest absolute Gasteiger partial charge is 0.466 e. The average Bonchev–Trinajstić information content (AvgIpc) is 2.85. The number of alkyl halides is 1. The number of esters is 1. The second kappa shape index (κ2) is 4.86. The van der Waals surface area contributed by atoms with E-state index in [1.165, 1.54) is 0 Å². The van der Waals surface area contributed by atoms with E-state index in [1.807, 2.05) is 6.92 Å². The third-order valence-corrected chi connectivity index (χ3v) is 3.55. The molecular weight excluding hydrogens is 256 g/mol. The number of rotatable bonds is 6. The normalized spacial score (nSPS) is 18.7. The van der Waals surface area contributed by atoms with Crippen LogP contribution in [-0.4, -0.2) is 17.9 Å². The average molecular weight is 277 g/mol. The van der Waals surface area contributed by atoms with Crippen LogP contribution in [0.4, 0.5) is 0 Å². The fourth-order valence-electron chi connectivity index (χ4n) is 2.15. The van der Waals surface area contributed by atoms with Crippen molar-refractivity contribution in [1.82, 2.24) is 0 Å². The molecule has 1 aliphatic carbocycles. The van der Waals surface area contributed by atoms with Gasteiger partial charge in [-0.05, 0) is 38.0 Å². The van der Waals surface area contributed by atoms with Crippen LogP contribution in [0.1, 0.15) is 46.5 Å². The van der Waals surface area contributed by atoms with Crippen molar-refractivity contribution in [3.8, 4) is 0 Å². The van der Waals surface area contributed by atoms with Crippen LogP contribution in [-0.2, 0) is 9.53 Å². The van der Waals surface area contributed by atoms with Gasteiger partial charge in [-0.25, -0.2) is 0 Å². The monoisotopic (exact) mass is 276 g/mol. The Morgan fingerprint density at radius 1 is 1.47 bits per heavy atom. The van der Waals surface area contributed by atoms with Gasteiger partial charge in [0.05, 0.1) is 12.0 Å². The molecular formula is C12H21BrO2. The number of carbonyl (C=O) groups excluding carboxylic acids is 1. The SMILES string of the molecule is CCOC(=O)C1(CC(C)(C)CCBr)CC1. The zero-order valence-electron chi connectivity index (χ0n) is 9.94. The first-order chi connectivity index (χ1) is 6.96. The lowest BCUT2D eigenvalue weighted by atomic mass is 9.79. The van der Waals surface area contributed by atoms with Crippen LogP contribution in [0.25, 0.3) is 0 Å². The molecule has 0 aliphatic heterocycles. The van der Waals surface area contributed by atoms with E-state index in [9.17, 15) is 4.79 Å². The lowest BCUT2D eigenvalue weighted by Crippen LogP contribution is -2.26. The smallest absolute Gasteiger partial charge is 0.312 e. The first-order valence-corrected chi connectivity index (χ1v) is 6.81. The van der Waals surface area contributed by atoms with Crippen molar-refractivity contribution in [2.45, 2.75) is 46.5 Å². The topological polar surface area (TPSA) is 26.3 Å². The summed E-state index contributed by atoms with van der Waals surface area (Å²) in [6.45, 7) is 6.83. The van der Waals surface area contributed by atoms with Gasteiger partial charge in [-0.1, -0.05) is 29.8 Å². The molecule has 0 spiro atoms. The molecule has 1 rings (SSSR count). The van der Waals surface area contributed by atoms with E-state index >= 15 is 0 Å². The van der Waals surface area contributed by atoms with Crippen molar-refractivity contribution in [3.63, 3.8) is 0 Å². The maximum atomic E-state index is 11.8. The molecule has 0 aromatic rings. The van der Waals surface area contributed by atoms with Crippen LogP contribution in [0.2, 0.25) is 0 Å². The highest BCUT2D eigenvalue weighted by Crippen LogP contribution is 2.54. The Morgan fingerprint density at radius 3 is 2.47 bits per heavy atom. The molecule has 0 saturated heterocycles. The maximum Gasteiger partial charge on any atom is 0.312 e. The number of hydrogen-bond acceptors (Lipinski definition) is 2. The molecule has 0 aromatic heterocycles. The summed E-state index contributed by atoms with van der Waals surface area (Å²) in [6.07, 6.45) is 4.09. The lowest BCUT2D eigenvalue weighted by Gasteiger charge is -2.28. The standard InChI is InChI=1S/C12H21BrO2/c1-4-15-10(14)12(5-6-12)9-11(2,3)7-8-13/h4-9H2,1-3H3. The molecule has 1 aliphatic rings. The highest BCUT2D eigenvalue weighted by molar-refractivity contribution is 9.09. The summed E-state index contributed by atoms with van der Waals surface area (Å²) < 4.78 is 5.14. The molecule has 0 unspecified atom stereocenters. The molecule has 88 valence electrons. The Balaban J connectivity index is 2.53. The van der Waals surface area contributed by atoms with E-state index < -0.39 is 0 Å². The number of carbonyl (C=O) groups is 1. The molecule has 1 saturated carbocycles. The number of halogens is 1. The van der Waals surface area contributed by atoms with E-state index in [1.54, 1.807) is 0 Å². The van der Waals surface area contributed by atoms with Gasteiger partial charge in [0.1, 0.15) is 0 Å². The highest BCUT2D eigenvalue weighted by atomic mass is 79.9. The van der Waals surface area contributed by atoms with Crippen LogP contribution in [0, 0.1) is 10.8 Å². The Hall–Kier alpha value is -0.0500. The molecule has 0 aromatic carbocycles. The minimum atomic E-state index is -0.137. The van der Waals surface area contributed by atoms with E-state index in [4.69, 9.17) is 4.74 Å². The Morgan fingerprint density at radius 2 is 2.07 bits per heavy atom. The molecule has 1 fully saturated rings. The number of ether oxygens (including phenoxy) is 1. The molecule has 0 N–H and O–H groups in total. The third-order valence-electron chi connectivity index (χ3n) is 3.15. The second-order valence-electron chi connectivity index (χ2n) is 5.28. The van der Waals surface area contributed by atoms with Crippen LogP contribution in [0.15, 0.2) is 0 Å². The summed E-state index contributed by atoms with van der Waals surface area (Å²) in [5.74, 6) is 0.0210. The van der Waals surface area contributed by atoms with Gasteiger partial charge in [0.15, 0.2) is 0 Å². The summed E-state index contributed by atoms with van der Waals surface area (Å²) in [5.41, 5.74) is 0.0917. The summed E-state index contributed by atoms with van der Waals surface area (Å²) in [7, 11) is 0. The first kappa shape index (κ1) is 13.0. The van der Waals surface area contributed by atoms with Gasteiger partial charge in [-0.2, -0.15) is 0 Å². The van der Waals surface area contributed by atoms with Crippen molar-refractivity contribution < 1.29 is 9.53 Å². The van der Waals surface area contributed by atoms with Gasteiger partial charge in [0, 0.05) is 5.33 Å². The fourth-order valence-corrected chi connectivity index (χ4v) is 3.22. The van der Waals surface area contributed by atoms with Crippen molar-refractivity contribution >= 4 is 21.9 Å². The zero-order valence-corrected chi connectivity index (χ0v) is 11.5. The molecule has 15 heavy (non-hydrogen) atoms. The van der Waals surface area contributed by atoms with Gasteiger partial charge >= 0.3 is 5.97 Å². The van der Waals surface area contributed by atoms with Gasteiger partial charge in [-0.3, -0.25) is 4.79 Å². The van der Waals surface area contributed by atoms with E-state index in [-0.39, 0.29) is 16.8 Å². The van der Waals surface area contributed by atoms with Crippen LogP contribution < -0.4 is 0 Å². The van der Waals surface area contributed by atoms with Crippen molar-refractivity contribution in [2.24, 2.45) is 10.8 Å². The summed E-state index contributed by atoms with van der Waals surface area (Å²) in [6, 6.07) is 0. The zero-order chi connectivity index (χ0) is 11.5. The van der Waals surface area contributed by atoms with Gasteiger partial charge in [-0.15, -0.1) is 0 Å². The summed E-state index contributed by atoms with van der Waals surface area (Å²) in [5, 5.41) is 0.999. The molecule has 0 heterocycles. The molecule has 0 atom stereocenters. The molecule has 3 heteroatoms. The van der Waals surface area contributed by atoms with E-state index in [0.717, 1.165) is 31.0 Å². The summed E-state index contributed by atoms with van der Waals surface area (Å²) in [4.78, 5) is 11.8. The second-order valence-corrected chi connectivity index (χ2v) is 6.07. The first-order valence-electron chi connectivity index (χ1n) is 5.69. The van der Waals surface area contributed by atoms with Gasteiger partial charge in [0.2, 0.25) is 0 Å². The predicted molar refractivity (Wildman–Crippen MR) is 65.1 cm³/mol. The molecule has 0 radical (unpaired) electrons. The molecule has 0 bridgehead atoms. The number of hydrogen-bond donors (Lipinski definition) is 0.